The molecule has 0 spiro atoms. The number of nitrogens with zero attached hydrogens (tertiary/aromatic N) is 1. The number of nitrogens with one attached hydrogen (secondary N) is 1. The maximum absolute atomic E-state index is 12.9. The van der Waals surface area contributed by atoms with Gasteiger partial charge < -0.3 is 5.11 Å². The third-order valence-electron chi connectivity index (χ3n) is 2.99. The first-order chi connectivity index (χ1) is 9.00. The van der Waals surface area contributed by atoms with E-state index in [2.05, 4.69) is 5.43 Å². The van der Waals surface area contributed by atoms with E-state index < -0.39 is 17.9 Å². The lowest BCUT2D eigenvalue weighted by Gasteiger charge is -2.32. The second-order valence-electron chi connectivity index (χ2n) is 4.19. The number of amides is 1. The van der Waals surface area contributed by atoms with Gasteiger partial charge in [-0.3, -0.25) is 9.80 Å². The summed E-state index contributed by atoms with van der Waals surface area (Å²) in [4.78, 5) is 22.9. The number of carbonyl (C=O) groups excluding carboxylic acids is 1. The van der Waals surface area contributed by atoms with Crippen LogP contribution < -0.4 is 5.43 Å². The van der Waals surface area contributed by atoms with Crippen LogP contribution in [0.4, 0.5) is 4.39 Å². The van der Waals surface area contributed by atoms with Crippen molar-refractivity contribution in [2.24, 2.45) is 0 Å². The number of aliphatic carboxylic acids is 1. The minimum absolute atomic E-state index is 0.257. The van der Waals surface area contributed by atoms with Crippen molar-refractivity contribution in [2.75, 3.05) is 6.54 Å². The highest BCUT2D eigenvalue weighted by Crippen LogP contribution is 2.22. The summed E-state index contributed by atoms with van der Waals surface area (Å²) in [6, 6.07) is 5.33. The van der Waals surface area contributed by atoms with Gasteiger partial charge in [0.15, 0.2) is 0 Å². The van der Waals surface area contributed by atoms with Gasteiger partial charge in [0.25, 0.3) is 5.91 Å². The Morgan fingerprint density at radius 3 is 2.63 bits per heavy atom. The number of hydrogen-bond acceptors (Lipinski definition) is 3. The Balaban J connectivity index is 2.23. The molecule has 1 unspecified atom stereocenters. The third kappa shape index (κ3) is 2.63. The van der Waals surface area contributed by atoms with Gasteiger partial charge >= 0.3 is 5.97 Å². The smallest absolute Gasteiger partial charge is 0.341 e. The van der Waals surface area contributed by atoms with E-state index >= 15 is 0 Å². The first-order valence-corrected chi connectivity index (χ1v) is 5.76. The number of carbonyl (C=O) groups is 2. The summed E-state index contributed by atoms with van der Waals surface area (Å²) in [6.45, 7) is 2.00. The summed E-state index contributed by atoms with van der Waals surface area (Å²) >= 11 is 0. The molecule has 0 radical (unpaired) electrons. The van der Waals surface area contributed by atoms with Crippen molar-refractivity contribution < 1.29 is 19.1 Å². The monoisotopic (exact) mass is 264 g/mol. The van der Waals surface area contributed by atoms with Gasteiger partial charge in [0.05, 0.1) is 6.04 Å². The summed E-state index contributed by atoms with van der Waals surface area (Å²) in [5.74, 6) is -2.21. The topological polar surface area (TPSA) is 69.6 Å². The van der Waals surface area contributed by atoms with Crippen molar-refractivity contribution in [2.45, 2.75) is 13.0 Å². The molecule has 0 aliphatic carbocycles. The lowest BCUT2D eigenvalue weighted by atomic mass is 10.1. The Bertz CT molecular complexity index is 539. The van der Waals surface area contributed by atoms with Crippen molar-refractivity contribution >= 4 is 11.9 Å². The van der Waals surface area contributed by atoms with Crippen molar-refractivity contribution in [3.8, 4) is 0 Å². The van der Waals surface area contributed by atoms with Crippen LogP contribution in [0.2, 0.25) is 0 Å². The molecule has 1 aliphatic heterocycles. The molecule has 0 saturated heterocycles. The molecule has 1 atom stereocenters. The molecule has 2 rings (SSSR count). The SMILES string of the molecule is CC(c1ccc(F)cc1)N1NCC=C(C(=O)O)C1=O. The highest BCUT2D eigenvalue weighted by Gasteiger charge is 2.30. The number of halogens is 1. The molecule has 0 aromatic heterocycles. The van der Waals surface area contributed by atoms with Gasteiger partial charge in [-0.1, -0.05) is 12.1 Å². The van der Waals surface area contributed by atoms with Crippen LogP contribution >= 0.6 is 0 Å². The molecule has 1 aromatic rings. The standard InChI is InChI=1S/C13H13FN2O3/c1-8(9-2-4-10(14)5-3-9)16-12(17)11(13(18)19)6-7-15-16/h2-6,8,15H,7H2,1H3,(H,18,19). The number of benzene rings is 1. The number of carboxylic acids is 1. The molecule has 6 heteroatoms. The Morgan fingerprint density at radius 1 is 1.42 bits per heavy atom. The molecule has 19 heavy (non-hydrogen) atoms. The maximum atomic E-state index is 12.9. The first-order valence-electron chi connectivity index (χ1n) is 5.76. The molecule has 1 heterocycles. The van der Waals surface area contributed by atoms with Gasteiger partial charge in [-0.15, -0.1) is 0 Å². The second-order valence-corrected chi connectivity index (χ2v) is 4.19. The lowest BCUT2D eigenvalue weighted by Crippen LogP contribution is -2.49. The summed E-state index contributed by atoms with van der Waals surface area (Å²) in [7, 11) is 0. The van der Waals surface area contributed by atoms with E-state index in [1.54, 1.807) is 19.1 Å². The fourth-order valence-electron chi connectivity index (χ4n) is 1.92. The van der Waals surface area contributed by atoms with E-state index in [4.69, 9.17) is 5.11 Å². The predicted octanol–water partition coefficient (Wildman–Crippen LogP) is 1.24. The minimum atomic E-state index is -1.25. The van der Waals surface area contributed by atoms with Crippen LogP contribution in [-0.2, 0) is 9.59 Å². The maximum Gasteiger partial charge on any atom is 0.341 e. The van der Waals surface area contributed by atoms with Crippen LogP contribution in [-0.4, -0.2) is 28.5 Å². The van der Waals surface area contributed by atoms with Gasteiger partial charge in [-0.05, 0) is 30.7 Å². The molecule has 0 bridgehead atoms. The van der Waals surface area contributed by atoms with E-state index in [1.807, 2.05) is 0 Å². The van der Waals surface area contributed by atoms with Gasteiger partial charge in [-0.25, -0.2) is 14.6 Å². The summed E-state index contributed by atoms with van der Waals surface area (Å²) in [5.41, 5.74) is 3.28. The van der Waals surface area contributed by atoms with Gasteiger partial charge in [0.1, 0.15) is 11.4 Å². The third-order valence-corrected chi connectivity index (χ3v) is 2.99. The van der Waals surface area contributed by atoms with E-state index in [9.17, 15) is 14.0 Å². The highest BCUT2D eigenvalue weighted by atomic mass is 19.1. The molecule has 100 valence electrons. The zero-order valence-electron chi connectivity index (χ0n) is 10.3. The Morgan fingerprint density at radius 2 is 2.05 bits per heavy atom. The van der Waals surface area contributed by atoms with Crippen LogP contribution in [0.5, 0.6) is 0 Å². The number of carboxylic acid groups (broad SMARTS) is 1. The van der Waals surface area contributed by atoms with E-state index in [-0.39, 0.29) is 17.9 Å². The minimum Gasteiger partial charge on any atom is -0.478 e. The van der Waals surface area contributed by atoms with Crippen LogP contribution in [0.15, 0.2) is 35.9 Å². The van der Waals surface area contributed by atoms with Crippen molar-refractivity contribution in [3.05, 3.63) is 47.3 Å². The van der Waals surface area contributed by atoms with Crippen LogP contribution in [0.1, 0.15) is 18.5 Å². The normalized spacial score (nSPS) is 17.1. The molecule has 0 saturated carbocycles. The van der Waals surface area contributed by atoms with Gasteiger partial charge in [0, 0.05) is 6.54 Å². The molecule has 5 nitrogen and oxygen atoms in total. The average Bonchev–Trinajstić information content (AvgIpc) is 2.38. The van der Waals surface area contributed by atoms with Gasteiger partial charge in [0.2, 0.25) is 0 Å². The summed E-state index contributed by atoms with van der Waals surface area (Å²) in [6.07, 6.45) is 1.33. The molecular weight excluding hydrogens is 251 g/mol. The zero-order chi connectivity index (χ0) is 14.0. The number of rotatable bonds is 3. The highest BCUT2D eigenvalue weighted by molar-refractivity contribution is 6.15. The molecular formula is C13H13FN2O3. The van der Waals surface area contributed by atoms with E-state index in [0.717, 1.165) is 0 Å². The van der Waals surface area contributed by atoms with Crippen LogP contribution in [0.3, 0.4) is 0 Å². The quantitative estimate of drug-likeness (QED) is 0.806. The largest absolute Gasteiger partial charge is 0.478 e. The number of hydrazine groups is 1. The Labute approximate surface area is 109 Å². The first kappa shape index (κ1) is 13.2. The lowest BCUT2D eigenvalue weighted by molar-refractivity contribution is -0.141. The zero-order valence-corrected chi connectivity index (χ0v) is 10.3. The molecule has 2 N–H and O–H groups in total. The second kappa shape index (κ2) is 5.19. The van der Waals surface area contributed by atoms with Gasteiger partial charge in [-0.2, -0.15) is 0 Å². The Hall–Kier alpha value is -2.21. The average molecular weight is 264 g/mol. The van der Waals surface area contributed by atoms with E-state index in [1.165, 1.54) is 23.2 Å². The number of hydrogen-bond donors (Lipinski definition) is 2. The summed E-state index contributed by atoms with van der Waals surface area (Å²) in [5, 5.41) is 10.2. The van der Waals surface area contributed by atoms with Crippen molar-refractivity contribution in [3.63, 3.8) is 0 Å². The van der Waals surface area contributed by atoms with E-state index in [0.29, 0.717) is 5.56 Å². The predicted molar refractivity (Wildman–Crippen MR) is 65.4 cm³/mol. The van der Waals surface area contributed by atoms with Crippen molar-refractivity contribution in [1.29, 1.82) is 0 Å². The fraction of sp³-hybridized carbons (Fsp3) is 0.231. The molecule has 1 aromatic carbocycles. The summed E-state index contributed by atoms with van der Waals surface area (Å²) < 4.78 is 12.9. The molecule has 1 aliphatic rings. The van der Waals surface area contributed by atoms with Crippen LogP contribution in [0, 0.1) is 5.82 Å². The molecule has 1 amide bonds. The fourth-order valence-corrected chi connectivity index (χ4v) is 1.92. The van der Waals surface area contributed by atoms with Crippen molar-refractivity contribution in [1.82, 2.24) is 10.4 Å². The van der Waals surface area contributed by atoms with Crippen LogP contribution in [0.25, 0.3) is 0 Å². The molecule has 0 fully saturated rings. The Kier molecular flexibility index (Phi) is 3.62.